The van der Waals surface area contributed by atoms with Crippen LogP contribution in [-0.4, -0.2) is 38.1 Å². The molecule has 0 spiro atoms. The monoisotopic (exact) mass is 502 g/mol. The van der Waals surface area contributed by atoms with E-state index >= 15 is 0 Å². The second-order valence-corrected chi connectivity index (χ2v) is 7.27. The molecule has 0 heterocycles. The molecule has 0 radical (unpaired) electrons. The van der Waals surface area contributed by atoms with E-state index in [4.69, 9.17) is 14.2 Å². The third-order valence-electron chi connectivity index (χ3n) is 4.63. The Bertz CT molecular complexity index is 1250. The SMILES string of the molecule is COc1cccc(NC(=O)COC(=O)c2ccccc2OCC(=O)Nc2cccc(C(F)(F)F)c2)c1. The number of benzene rings is 3. The van der Waals surface area contributed by atoms with Gasteiger partial charge in [0.05, 0.1) is 12.7 Å². The van der Waals surface area contributed by atoms with E-state index in [0.29, 0.717) is 11.4 Å². The number of anilines is 2. The van der Waals surface area contributed by atoms with Crippen molar-refractivity contribution < 1.29 is 41.8 Å². The molecule has 0 aliphatic rings. The van der Waals surface area contributed by atoms with Gasteiger partial charge in [0.15, 0.2) is 13.2 Å². The van der Waals surface area contributed by atoms with Gasteiger partial charge in [-0.05, 0) is 42.5 Å². The lowest BCUT2D eigenvalue weighted by molar-refractivity contribution is -0.137. The maximum absolute atomic E-state index is 12.8. The van der Waals surface area contributed by atoms with E-state index < -0.39 is 42.7 Å². The van der Waals surface area contributed by atoms with Crippen LogP contribution in [0.5, 0.6) is 11.5 Å². The fourth-order valence-corrected chi connectivity index (χ4v) is 2.98. The van der Waals surface area contributed by atoms with Gasteiger partial charge in [-0.25, -0.2) is 4.79 Å². The lowest BCUT2D eigenvalue weighted by Crippen LogP contribution is -2.23. The van der Waals surface area contributed by atoms with E-state index in [1.54, 1.807) is 30.3 Å². The van der Waals surface area contributed by atoms with Gasteiger partial charge in [0.2, 0.25) is 0 Å². The first kappa shape index (κ1) is 26.1. The van der Waals surface area contributed by atoms with Gasteiger partial charge in [0.1, 0.15) is 17.1 Å². The zero-order valence-corrected chi connectivity index (χ0v) is 18.9. The summed E-state index contributed by atoms with van der Waals surface area (Å²) in [6.45, 7) is -1.17. The summed E-state index contributed by atoms with van der Waals surface area (Å²) in [5, 5.41) is 4.87. The smallest absolute Gasteiger partial charge is 0.416 e. The molecule has 0 bridgehead atoms. The van der Waals surface area contributed by atoms with Crippen LogP contribution in [0.1, 0.15) is 15.9 Å². The molecule has 3 aromatic rings. The second kappa shape index (κ2) is 11.7. The molecule has 3 rings (SSSR count). The number of alkyl halides is 3. The number of nitrogens with one attached hydrogen (secondary N) is 2. The van der Waals surface area contributed by atoms with Crippen molar-refractivity contribution in [2.75, 3.05) is 31.0 Å². The van der Waals surface area contributed by atoms with Crippen LogP contribution in [0, 0.1) is 0 Å². The molecule has 0 saturated carbocycles. The first-order valence-corrected chi connectivity index (χ1v) is 10.5. The van der Waals surface area contributed by atoms with Crippen LogP contribution < -0.4 is 20.1 Å². The van der Waals surface area contributed by atoms with Crippen molar-refractivity contribution >= 4 is 29.2 Å². The number of ether oxygens (including phenoxy) is 3. The van der Waals surface area contributed by atoms with Crippen molar-refractivity contribution in [1.82, 2.24) is 0 Å². The minimum atomic E-state index is -4.55. The number of halogens is 3. The van der Waals surface area contributed by atoms with Crippen LogP contribution in [0.4, 0.5) is 24.5 Å². The lowest BCUT2D eigenvalue weighted by Gasteiger charge is -2.12. The maximum Gasteiger partial charge on any atom is 0.416 e. The summed E-state index contributed by atoms with van der Waals surface area (Å²) in [4.78, 5) is 36.8. The topological polar surface area (TPSA) is 103 Å². The predicted molar refractivity (Wildman–Crippen MR) is 124 cm³/mol. The number of carbonyl (C=O) groups is 3. The fraction of sp³-hybridized carbons (Fsp3) is 0.160. The van der Waals surface area contributed by atoms with E-state index in [0.717, 1.165) is 18.2 Å². The summed E-state index contributed by atoms with van der Waals surface area (Å²) in [6, 6.07) is 16.6. The zero-order valence-electron chi connectivity index (χ0n) is 18.9. The summed E-state index contributed by atoms with van der Waals surface area (Å²) in [5.41, 5.74) is -0.567. The van der Waals surface area contributed by atoms with Gasteiger partial charge in [-0.1, -0.05) is 24.3 Å². The Kier molecular flexibility index (Phi) is 8.50. The molecule has 0 fully saturated rings. The Morgan fingerprint density at radius 1 is 0.806 bits per heavy atom. The summed E-state index contributed by atoms with van der Waals surface area (Å²) in [7, 11) is 1.48. The minimum absolute atomic E-state index is 0.00473. The average Bonchev–Trinajstić information content (AvgIpc) is 2.86. The standard InChI is InChI=1S/C25H21F3N2O6/c1-34-19-9-5-8-18(13-19)30-23(32)15-36-24(33)20-10-2-3-11-21(20)35-14-22(31)29-17-7-4-6-16(12-17)25(26,27)28/h2-13H,14-15H2,1H3,(H,29,31)(H,30,32). The van der Waals surface area contributed by atoms with Crippen LogP contribution >= 0.6 is 0 Å². The van der Waals surface area contributed by atoms with E-state index in [2.05, 4.69) is 10.6 Å². The number of methoxy groups -OCH3 is 1. The number of carbonyl (C=O) groups excluding carboxylic acids is 3. The third kappa shape index (κ3) is 7.49. The van der Waals surface area contributed by atoms with Gasteiger partial charge in [-0.2, -0.15) is 13.2 Å². The van der Waals surface area contributed by atoms with E-state index in [9.17, 15) is 27.6 Å². The predicted octanol–water partition coefficient (Wildman–Crippen LogP) is 4.53. The lowest BCUT2D eigenvalue weighted by atomic mass is 10.2. The molecule has 0 saturated heterocycles. The number of para-hydroxylation sites is 1. The van der Waals surface area contributed by atoms with Crippen LogP contribution in [0.25, 0.3) is 0 Å². The molecule has 188 valence electrons. The quantitative estimate of drug-likeness (QED) is 0.417. The fourth-order valence-electron chi connectivity index (χ4n) is 2.98. The molecule has 0 aliphatic heterocycles. The van der Waals surface area contributed by atoms with Gasteiger partial charge in [0.25, 0.3) is 11.8 Å². The Morgan fingerprint density at radius 2 is 1.44 bits per heavy atom. The molecule has 2 N–H and O–H groups in total. The van der Waals surface area contributed by atoms with Gasteiger partial charge < -0.3 is 24.8 Å². The normalized spacial score (nSPS) is 10.8. The van der Waals surface area contributed by atoms with E-state index in [-0.39, 0.29) is 17.0 Å². The molecule has 36 heavy (non-hydrogen) atoms. The third-order valence-corrected chi connectivity index (χ3v) is 4.63. The Labute approximate surface area is 204 Å². The Hall–Kier alpha value is -4.54. The summed E-state index contributed by atoms with van der Waals surface area (Å²) in [6.07, 6.45) is -4.55. The van der Waals surface area contributed by atoms with E-state index in [1.165, 1.54) is 31.4 Å². The van der Waals surface area contributed by atoms with Crippen molar-refractivity contribution in [2.24, 2.45) is 0 Å². The highest BCUT2D eigenvalue weighted by atomic mass is 19.4. The average molecular weight is 502 g/mol. The molecule has 0 aliphatic carbocycles. The number of esters is 1. The molecule has 0 unspecified atom stereocenters. The highest BCUT2D eigenvalue weighted by Crippen LogP contribution is 2.30. The molecular weight excluding hydrogens is 481 g/mol. The molecule has 0 aromatic heterocycles. The summed E-state index contributed by atoms with van der Waals surface area (Å²) < 4.78 is 54.0. The van der Waals surface area contributed by atoms with Crippen molar-refractivity contribution in [2.45, 2.75) is 6.18 Å². The first-order valence-electron chi connectivity index (χ1n) is 10.5. The molecular formula is C25H21F3N2O6. The number of rotatable bonds is 9. The van der Waals surface area contributed by atoms with Gasteiger partial charge in [0, 0.05) is 17.4 Å². The van der Waals surface area contributed by atoms with Crippen molar-refractivity contribution in [3.05, 3.63) is 83.9 Å². The van der Waals surface area contributed by atoms with Crippen LogP contribution in [0.3, 0.4) is 0 Å². The first-order chi connectivity index (χ1) is 17.2. The highest BCUT2D eigenvalue weighted by Gasteiger charge is 2.30. The number of hydrogen-bond donors (Lipinski definition) is 2. The van der Waals surface area contributed by atoms with Gasteiger partial charge in [-0.15, -0.1) is 0 Å². The number of hydrogen-bond acceptors (Lipinski definition) is 6. The van der Waals surface area contributed by atoms with Crippen molar-refractivity contribution in [3.63, 3.8) is 0 Å². The second-order valence-electron chi connectivity index (χ2n) is 7.27. The van der Waals surface area contributed by atoms with Crippen molar-refractivity contribution in [1.29, 1.82) is 0 Å². The largest absolute Gasteiger partial charge is 0.497 e. The van der Waals surface area contributed by atoms with Crippen LogP contribution in [-0.2, 0) is 20.5 Å². The Balaban J connectivity index is 1.55. The molecule has 3 aromatic carbocycles. The van der Waals surface area contributed by atoms with Crippen LogP contribution in [0.15, 0.2) is 72.8 Å². The summed E-state index contributed by atoms with van der Waals surface area (Å²) >= 11 is 0. The summed E-state index contributed by atoms with van der Waals surface area (Å²) in [5.74, 6) is -1.67. The highest BCUT2D eigenvalue weighted by molar-refractivity contribution is 5.97. The molecule has 8 nitrogen and oxygen atoms in total. The molecule has 2 amide bonds. The van der Waals surface area contributed by atoms with Gasteiger partial charge in [-0.3, -0.25) is 9.59 Å². The maximum atomic E-state index is 12.8. The minimum Gasteiger partial charge on any atom is -0.497 e. The zero-order chi connectivity index (χ0) is 26.1. The number of amides is 2. The van der Waals surface area contributed by atoms with Gasteiger partial charge >= 0.3 is 12.1 Å². The van der Waals surface area contributed by atoms with E-state index in [1.807, 2.05) is 0 Å². The molecule has 11 heteroatoms. The molecule has 0 atom stereocenters. The van der Waals surface area contributed by atoms with Crippen molar-refractivity contribution in [3.8, 4) is 11.5 Å². The van der Waals surface area contributed by atoms with Crippen LogP contribution in [0.2, 0.25) is 0 Å². The Morgan fingerprint density at radius 3 is 2.14 bits per heavy atom.